The zero-order valence-corrected chi connectivity index (χ0v) is 16.1. The molecule has 0 aromatic heterocycles. The Morgan fingerprint density at radius 1 is 0.871 bits per heavy atom. The van der Waals surface area contributed by atoms with Gasteiger partial charge < -0.3 is 14.8 Å². The molecule has 7 nitrogen and oxygen atoms in total. The van der Waals surface area contributed by atoms with Crippen LogP contribution < -0.4 is 15.4 Å². The molecule has 0 unspecified atom stereocenters. The summed E-state index contributed by atoms with van der Waals surface area (Å²) in [5.74, 6) is -1.88. The van der Waals surface area contributed by atoms with Crippen molar-refractivity contribution in [2.24, 2.45) is 0 Å². The van der Waals surface area contributed by atoms with E-state index in [0.717, 1.165) is 0 Å². The lowest BCUT2D eigenvalue weighted by molar-refractivity contribution is -0.149. The van der Waals surface area contributed by atoms with E-state index in [0.29, 0.717) is 22.6 Å². The smallest absolute Gasteiger partial charge is 0.326 e. The van der Waals surface area contributed by atoms with Crippen LogP contribution >= 0.6 is 0 Å². The van der Waals surface area contributed by atoms with Crippen molar-refractivity contribution >= 4 is 23.6 Å². The number of urea groups is 1. The molecule has 0 bridgehead atoms. The minimum absolute atomic E-state index is 0.0831. The molecule has 1 aliphatic heterocycles. The van der Waals surface area contributed by atoms with Gasteiger partial charge >= 0.3 is 12.0 Å². The van der Waals surface area contributed by atoms with E-state index in [4.69, 9.17) is 9.47 Å². The Balaban J connectivity index is 1.40. The number of halogens is 1. The van der Waals surface area contributed by atoms with Crippen molar-refractivity contribution in [2.45, 2.75) is 5.92 Å². The third-order valence-corrected chi connectivity index (χ3v) is 4.64. The number of esters is 1. The van der Waals surface area contributed by atoms with Crippen LogP contribution in [0.5, 0.6) is 11.5 Å². The Hall–Kier alpha value is -4.20. The first-order valence-electron chi connectivity index (χ1n) is 9.40. The molecule has 0 radical (unpaired) electrons. The molecule has 1 aliphatic rings. The molecule has 156 valence electrons. The highest BCUT2D eigenvalue weighted by molar-refractivity contribution is 6.02. The second-order valence-electron chi connectivity index (χ2n) is 6.70. The number of anilines is 1. The molecule has 0 aliphatic carbocycles. The molecular weight excluding hydrogens is 403 g/mol. The second-order valence-corrected chi connectivity index (χ2v) is 6.70. The number of para-hydroxylation sites is 3. The number of hydrogen-bond acceptors (Lipinski definition) is 5. The maximum atomic E-state index is 13.6. The van der Waals surface area contributed by atoms with Crippen LogP contribution in [0.15, 0.2) is 72.8 Å². The molecular formula is C23H17FN2O5. The predicted octanol–water partition coefficient (Wildman–Crippen LogP) is 3.95. The Bertz CT molecular complexity index is 1120. The summed E-state index contributed by atoms with van der Waals surface area (Å²) in [7, 11) is 0. The minimum atomic E-state index is -0.937. The third kappa shape index (κ3) is 4.37. The predicted molar refractivity (Wildman–Crippen MR) is 109 cm³/mol. The van der Waals surface area contributed by atoms with E-state index in [-0.39, 0.29) is 5.69 Å². The number of amides is 3. The van der Waals surface area contributed by atoms with Crippen LogP contribution in [-0.4, -0.2) is 24.5 Å². The van der Waals surface area contributed by atoms with Gasteiger partial charge in [-0.15, -0.1) is 0 Å². The third-order valence-electron chi connectivity index (χ3n) is 4.64. The largest absolute Gasteiger partial charge is 0.457 e. The number of imide groups is 1. The number of rotatable bonds is 4. The zero-order chi connectivity index (χ0) is 21.8. The van der Waals surface area contributed by atoms with Gasteiger partial charge in [-0.1, -0.05) is 48.5 Å². The van der Waals surface area contributed by atoms with Crippen molar-refractivity contribution in [3.63, 3.8) is 0 Å². The van der Waals surface area contributed by atoms with E-state index < -0.39 is 36.2 Å². The van der Waals surface area contributed by atoms with E-state index in [1.54, 1.807) is 48.5 Å². The molecule has 8 heteroatoms. The average Bonchev–Trinajstić information content (AvgIpc) is 2.77. The fraction of sp³-hybridized carbons (Fsp3) is 0.0870. The highest BCUT2D eigenvalue weighted by Crippen LogP contribution is 2.44. The Morgan fingerprint density at radius 2 is 1.45 bits per heavy atom. The van der Waals surface area contributed by atoms with Gasteiger partial charge in [0.25, 0.3) is 5.91 Å². The molecule has 1 heterocycles. The van der Waals surface area contributed by atoms with Gasteiger partial charge in [-0.05, 0) is 24.3 Å². The van der Waals surface area contributed by atoms with Crippen molar-refractivity contribution in [1.82, 2.24) is 5.32 Å². The first-order valence-corrected chi connectivity index (χ1v) is 9.40. The Kier molecular flexibility index (Phi) is 5.61. The molecule has 3 amide bonds. The standard InChI is InChI=1S/C23H17FN2O5/c24-16-9-3-4-10-17(16)25-23(29)26-20(27)13-30-22(28)21-14-7-1-5-11-18(14)31-19-12-6-2-8-15(19)21/h1-12,21H,13H2,(H2,25,26,27,29). The van der Waals surface area contributed by atoms with E-state index in [9.17, 15) is 18.8 Å². The van der Waals surface area contributed by atoms with Crippen LogP contribution in [0, 0.1) is 5.82 Å². The molecule has 0 spiro atoms. The molecule has 3 aromatic carbocycles. The van der Waals surface area contributed by atoms with Crippen molar-refractivity contribution in [2.75, 3.05) is 11.9 Å². The zero-order valence-electron chi connectivity index (χ0n) is 16.1. The normalized spacial score (nSPS) is 12.0. The van der Waals surface area contributed by atoms with Crippen molar-refractivity contribution in [3.8, 4) is 11.5 Å². The summed E-state index contributed by atoms with van der Waals surface area (Å²) >= 11 is 0. The van der Waals surface area contributed by atoms with E-state index in [1.165, 1.54) is 24.3 Å². The van der Waals surface area contributed by atoms with Crippen LogP contribution in [0.4, 0.5) is 14.9 Å². The lowest BCUT2D eigenvalue weighted by Crippen LogP contribution is -2.38. The second kappa shape index (κ2) is 8.66. The quantitative estimate of drug-likeness (QED) is 0.624. The van der Waals surface area contributed by atoms with Crippen LogP contribution in [-0.2, 0) is 14.3 Å². The lowest BCUT2D eigenvalue weighted by atomic mass is 9.88. The van der Waals surface area contributed by atoms with Gasteiger partial charge in [-0.25, -0.2) is 9.18 Å². The summed E-state index contributed by atoms with van der Waals surface area (Å²) < 4.78 is 24.6. The van der Waals surface area contributed by atoms with Gasteiger partial charge in [0.05, 0.1) is 5.69 Å². The topological polar surface area (TPSA) is 93.7 Å². The van der Waals surface area contributed by atoms with Crippen LogP contribution in [0.25, 0.3) is 0 Å². The average molecular weight is 420 g/mol. The first kappa shape index (κ1) is 20.1. The van der Waals surface area contributed by atoms with Gasteiger partial charge in [-0.2, -0.15) is 0 Å². The number of hydrogen-bond donors (Lipinski definition) is 2. The number of ether oxygens (including phenoxy) is 2. The number of nitrogens with one attached hydrogen (secondary N) is 2. The molecule has 3 aromatic rings. The molecule has 0 fully saturated rings. The fourth-order valence-corrected chi connectivity index (χ4v) is 3.26. The van der Waals surface area contributed by atoms with Gasteiger partial charge in [-0.3, -0.25) is 14.9 Å². The molecule has 2 N–H and O–H groups in total. The van der Waals surface area contributed by atoms with Gasteiger partial charge in [0, 0.05) is 11.1 Å². The summed E-state index contributed by atoms with van der Waals surface area (Å²) in [6.07, 6.45) is 0. The maximum absolute atomic E-state index is 13.6. The minimum Gasteiger partial charge on any atom is -0.457 e. The van der Waals surface area contributed by atoms with Crippen molar-refractivity contribution < 1.29 is 28.2 Å². The monoisotopic (exact) mass is 420 g/mol. The van der Waals surface area contributed by atoms with Gasteiger partial charge in [0.2, 0.25) is 0 Å². The van der Waals surface area contributed by atoms with Crippen molar-refractivity contribution in [3.05, 3.63) is 89.7 Å². The molecule has 4 rings (SSSR count). The van der Waals surface area contributed by atoms with Crippen LogP contribution in [0.2, 0.25) is 0 Å². The van der Waals surface area contributed by atoms with Gasteiger partial charge in [0.1, 0.15) is 23.2 Å². The summed E-state index contributed by atoms with van der Waals surface area (Å²) in [5, 5.41) is 4.21. The number of carbonyl (C=O) groups excluding carboxylic acids is 3. The van der Waals surface area contributed by atoms with Gasteiger partial charge in [0.15, 0.2) is 6.61 Å². The van der Waals surface area contributed by atoms with E-state index >= 15 is 0 Å². The lowest BCUT2D eigenvalue weighted by Gasteiger charge is -2.26. The molecule has 0 saturated carbocycles. The number of benzene rings is 3. The number of carbonyl (C=O) groups is 3. The molecule has 0 atom stereocenters. The highest BCUT2D eigenvalue weighted by atomic mass is 19.1. The van der Waals surface area contributed by atoms with E-state index in [2.05, 4.69) is 5.32 Å². The van der Waals surface area contributed by atoms with E-state index in [1.807, 2.05) is 5.32 Å². The SMILES string of the molecule is O=C(COC(=O)C1c2ccccc2Oc2ccccc21)NC(=O)Nc1ccccc1F. The highest BCUT2D eigenvalue weighted by Gasteiger charge is 2.33. The molecule has 31 heavy (non-hydrogen) atoms. The summed E-state index contributed by atoms with van der Waals surface area (Å²) in [6.45, 7) is -0.675. The number of fused-ring (bicyclic) bond motifs is 2. The summed E-state index contributed by atoms with van der Waals surface area (Å²) in [4.78, 5) is 36.8. The molecule has 0 saturated heterocycles. The summed E-state index contributed by atoms with van der Waals surface area (Å²) in [6, 6.07) is 18.7. The Morgan fingerprint density at radius 3 is 2.10 bits per heavy atom. The Labute approximate surface area is 176 Å². The fourth-order valence-electron chi connectivity index (χ4n) is 3.26. The summed E-state index contributed by atoms with van der Waals surface area (Å²) in [5.41, 5.74) is 1.15. The maximum Gasteiger partial charge on any atom is 0.326 e. The first-order chi connectivity index (χ1) is 15.0. The van der Waals surface area contributed by atoms with Crippen LogP contribution in [0.3, 0.4) is 0 Å². The van der Waals surface area contributed by atoms with Crippen LogP contribution in [0.1, 0.15) is 17.0 Å². The van der Waals surface area contributed by atoms with Crippen molar-refractivity contribution in [1.29, 1.82) is 0 Å².